The van der Waals surface area contributed by atoms with E-state index in [1.165, 1.54) is 0 Å². The molecule has 21 heavy (non-hydrogen) atoms. The van der Waals surface area contributed by atoms with Gasteiger partial charge in [-0.1, -0.05) is 17.7 Å². The first-order valence-electron chi connectivity index (χ1n) is 6.78. The van der Waals surface area contributed by atoms with Crippen LogP contribution in [0.3, 0.4) is 0 Å². The minimum atomic E-state index is 0.584. The van der Waals surface area contributed by atoms with Gasteiger partial charge in [0.2, 0.25) is 0 Å². The van der Waals surface area contributed by atoms with E-state index < -0.39 is 0 Å². The number of anilines is 1. The van der Waals surface area contributed by atoms with E-state index in [0.717, 1.165) is 33.9 Å². The fourth-order valence-electron chi connectivity index (χ4n) is 2.07. The van der Waals surface area contributed by atoms with Crippen LogP contribution in [0.1, 0.15) is 0 Å². The molecule has 1 N–H and O–H groups in total. The van der Waals surface area contributed by atoms with E-state index in [1.807, 2.05) is 54.6 Å². The van der Waals surface area contributed by atoms with Crippen molar-refractivity contribution in [3.63, 3.8) is 0 Å². The minimum Gasteiger partial charge on any atom is -0.492 e. The fraction of sp³-hybridized carbons (Fsp3) is 0.118. The Morgan fingerprint density at radius 1 is 1.05 bits per heavy atom. The molecule has 1 aromatic heterocycles. The van der Waals surface area contributed by atoms with Gasteiger partial charge in [0.1, 0.15) is 12.4 Å². The van der Waals surface area contributed by atoms with Gasteiger partial charge >= 0.3 is 0 Å². The highest BCUT2D eigenvalue weighted by atomic mass is 35.5. The average molecular weight is 299 g/mol. The van der Waals surface area contributed by atoms with Crippen molar-refractivity contribution in [1.29, 1.82) is 0 Å². The van der Waals surface area contributed by atoms with Crippen molar-refractivity contribution in [2.75, 3.05) is 18.5 Å². The minimum absolute atomic E-state index is 0.584. The normalized spacial score (nSPS) is 10.5. The Bertz CT molecular complexity index is 728. The van der Waals surface area contributed by atoms with Gasteiger partial charge in [0.25, 0.3) is 0 Å². The maximum absolute atomic E-state index is 5.84. The highest BCUT2D eigenvalue weighted by Gasteiger charge is 1.98. The maximum atomic E-state index is 5.84. The molecule has 0 spiro atoms. The average Bonchev–Trinajstić information content (AvgIpc) is 2.53. The predicted molar refractivity (Wildman–Crippen MR) is 87.2 cm³/mol. The number of hydrogen-bond acceptors (Lipinski definition) is 3. The zero-order valence-electron chi connectivity index (χ0n) is 11.4. The number of ether oxygens (including phenoxy) is 1. The van der Waals surface area contributed by atoms with E-state index in [1.54, 1.807) is 6.20 Å². The lowest BCUT2D eigenvalue weighted by molar-refractivity contribution is 0.333. The first-order chi connectivity index (χ1) is 10.3. The van der Waals surface area contributed by atoms with Crippen molar-refractivity contribution in [3.8, 4) is 5.75 Å². The van der Waals surface area contributed by atoms with Crippen LogP contribution in [0, 0.1) is 0 Å². The molecule has 3 nitrogen and oxygen atoms in total. The van der Waals surface area contributed by atoms with Crippen LogP contribution in [-0.4, -0.2) is 18.1 Å². The number of fused-ring (bicyclic) bond motifs is 1. The monoisotopic (exact) mass is 298 g/mol. The molecule has 3 rings (SSSR count). The molecule has 106 valence electrons. The number of nitrogens with one attached hydrogen (secondary N) is 1. The molecule has 0 saturated carbocycles. The Morgan fingerprint density at radius 3 is 2.76 bits per heavy atom. The summed E-state index contributed by atoms with van der Waals surface area (Å²) in [6, 6.07) is 17.5. The summed E-state index contributed by atoms with van der Waals surface area (Å²) in [5.41, 5.74) is 1.98. The van der Waals surface area contributed by atoms with Crippen LogP contribution in [0.25, 0.3) is 10.9 Å². The van der Waals surface area contributed by atoms with Crippen molar-refractivity contribution < 1.29 is 4.74 Å². The van der Waals surface area contributed by atoms with E-state index in [0.29, 0.717) is 6.61 Å². The molecule has 0 atom stereocenters. The molecule has 4 heteroatoms. The van der Waals surface area contributed by atoms with Crippen LogP contribution < -0.4 is 10.1 Å². The van der Waals surface area contributed by atoms with Gasteiger partial charge < -0.3 is 10.1 Å². The number of halogens is 1. The number of nitrogens with zero attached hydrogens (tertiary/aromatic N) is 1. The molecule has 3 aromatic rings. The van der Waals surface area contributed by atoms with E-state index in [2.05, 4.69) is 10.3 Å². The first-order valence-corrected chi connectivity index (χ1v) is 7.16. The Balaban J connectivity index is 1.53. The second kappa shape index (κ2) is 6.46. The standard InChI is InChI=1S/C17H15ClN2O/c18-14-4-6-15(7-5-14)19-10-11-21-16-8-3-13-2-1-9-20-17(13)12-16/h1-9,12,19H,10-11H2. The van der Waals surface area contributed by atoms with Crippen molar-refractivity contribution >= 4 is 28.2 Å². The molecule has 0 bridgehead atoms. The van der Waals surface area contributed by atoms with E-state index in [4.69, 9.17) is 16.3 Å². The molecule has 0 unspecified atom stereocenters. The second-order valence-corrected chi connectivity index (χ2v) is 5.08. The van der Waals surface area contributed by atoms with Gasteiger partial charge in [0.05, 0.1) is 5.52 Å². The van der Waals surface area contributed by atoms with Gasteiger partial charge in [0, 0.05) is 34.9 Å². The largest absolute Gasteiger partial charge is 0.492 e. The topological polar surface area (TPSA) is 34.1 Å². The lowest BCUT2D eigenvalue weighted by atomic mass is 10.2. The van der Waals surface area contributed by atoms with Crippen molar-refractivity contribution in [3.05, 3.63) is 65.8 Å². The van der Waals surface area contributed by atoms with Gasteiger partial charge in [-0.2, -0.15) is 0 Å². The van der Waals surface area contributed by atoms with Crippen molar-refractivity contribution in [1.82, 2.24) is 4.98 Å². The van der Waals surface area contributed by atoms with Crippen LogP contribution in [0.5, 0.6) is 5.75 Å². The Morgan fingerprint density at radius 2 is 1.90 bits per heavy atom. The van der Waals surface area contributed by atoms with Crippen LogP contribution in [0.2, 0.25) is 5.02 Å². The number of aromatic nitrogens is 1. The van der Waals surface area contributed by atoms with Crippen LogP contribution in [-0.2, 0) is 0 Å². The lowest BCUT2D eigenvalue weighted by Crippen LogP contribution is -2.11. The summed E-state index contributed by atoms with van der Waals surface area (Å²) >= 11 is 5.84. The van der Waals surface area contributed by atoms with Gasteiger partial charge in [-0.25, -0.2) is 0 Å². The number of rotatable bonds is 5. The predicted octanol–water partition coefficient (Wildman–Crippen LogP) is 4.38. The molecule has 2 aromatic carbocycles. The molecule has 0 aliphatic heterocycles. The fourth-order valence-corrected chi connectivity index (χ4v) is 2.19. The maximum Gasteiger partial charge on any atom is 0.121 e. The highest BCUT2D eigenvalue weighted by Crippen LogP contribution is 2.18. The summed E-state index contributed by atoms with van der Waals surface area (Å²) in [5.74, 6) is 0.833. The van der Waals surface area contributed by atoms with Crippen LogP contribution in [0.15, 0.2) is 60.8 Å². The number of pyridine rings is 1. The smallest absolute Gasteiger partial charge is 0.121 e. The third-order valence-electron chi connectivity index (χ3n) is 3.12. The van der Waals surface area contributed by atoms with E-state index in [9.17, 15) is 0 Å². The molecular formula is C17H15ClN2O. The first kappa shape index (κ1) is 13.7. The van der Waals surface area contributed by atoms with Crippen molar-refractivity contribution in [2.45, 2.75) is 0 Å². The highest BCUT2D eigenvalue weighted by molar-refractivity contribution is 6.30. The zero-order valence-corrected chi connectivity index (χ0v) is 12.2. The van der Waals surface area contributed by atoms with E-state index in [-0.39, 0.29) is 0 Å². The summed E-state index contributed by atoms with van der Waals surface area (Å²) in [6.45, 7) is 1.31. The summed E-state index contributed by atoms with van der Waals surface area (Å²) in [7, 11) is 0. The third-order valence-corrected chi connectivity index (χ3v) is 3.37. The molecule has 0 aliphatic rings. The SMILES string of the molecule is Clc1ccc(NCCOc2ccc3cccnc3c2)cc1. The third kappa shape index (κ3) is 3.64. The summed E-state index contributed by atoms with van der Waals surface area (Å²) in [4.78, 5) is 4.32. The van der Waals surface area contributed by atoms with Gasteiger partial charge in [-0.15, -0.1) is 0 Å². The summed E-state index contributed by atoms with van der Waals surface area (Å²) < 4.78 is 5.73. The van der Waals surface area contributed by atoms with Crippen LogP contribution >= 0.6 is 11.6 Å². The lowest BCUT2D eigenvalue weighted by Gasteiger charge is -2.09. The Hall–Kier alpha value is -2.26. The summed E-state index contributed by atoms with van der Waals surface area (Å²) in [5, 5.41) is 5.13. The molecule has 0 radical (unpaired) electrons. The second-order valence-electron chi connectivity index (χ2n) is 4.64. The van der Waals surface area contributed by atoms with Gasteiger partial charge in [0.15, 0.2) is 0 Å². The molecule has 0 fully saturated rings. The van der Waals surface area contributed by atoms with E-state index >= 15 is 0 Å². The molecule has 0 saturated heterocycles. The zero-order chi connectivity index (χ0) is 14.5. The Labute approximate surface area is 128 Å². The summed E-state index contributed by atoms with van der Waals surface area (Å²) in [6.07, 6.45) is 1.79. The quantitative estimate of drug-likeness (QED) is 0.710. The van der Waals surface area contributed by atoms with Crippen LogP contribution in [0.4, 0.5) is 5.69 Å². The number of benzene rings is 2. The molecular weight excluding hydrogens is 284 g/mol. The molecule has 1 heterocycles. The Kier molecular flexibility index (Phi) is 4.22. The van der Waals surface area contributed by atoms with Crippen molar-refractivity contribution in [2.24, 2.45) is 0 Å². The van der Waals surface area contributed by atoms with Gasteiger partial charge in [-0.3, -0.25) is 4.98 Å². The molecule has 0 aliphatic carbocycles. The number of hydrogen-bond donors (Lipinski definition) is 1. The van der Waals surface area contributed by atoms with Gasteiger partial charge in [-0.05, 0) is 42.5 Å². The molecule has 0 amide bonds.